The summed E-state index contributed by atoms with van der Waals surface area (Å²) in [6, 6.07) is 8.31. The van der Waals surface area contributed by atoms with E-state index in [9.17, 15) is 13.2 Å². The molecule has 1 aliphatic rings. The number of rotatable bonds is 2. The molecular formula is C15H14F3N3. The van der Waals surface area contributed by atoms with Crippen LogP contribution < -0.4 is 10.6 Å². The van der Waals surface area contributed by atoms with Crippen LogP contribution in [0.25, 0.3) is 0 Å². The zero-order valence-electron chi connectivity index (χ0n) is 11.2. The maximum Gasteiger partial charge on any atom is 0.433 e. The Morgan fingerprint density at radius 3 is 2.71 bits per heavy atom. The first-order valence-electron chi connectivity index (χ1n) is 6.66. The molecule has 1 aromatic heterocycles. The molecule has 0 radical (unpaired) electrons. The number of nitrogens with one attached hydrogen (secondary N) is 2. The Balaban J connectivity index is 1.84. The first-order valence-corrected chi connectivity index (χ1v) is 6.66. The minimum Gasteiger partial charge on any atom is -0.354 e. The van der Waals surface area contributed by atoms with Crippen molar-refractivity contribution in [3.8, 4) is 0 Å². The molecule has 0 saturated carbocycles. The Morgan fingerprint density at radius 1 is 1.14 bits per heavy atom. The summed E-state index contributed by atoms with van der Waals surface area (Å²) in [5.74, 6) is 0. The second kappa shape index (κ2) is 5.37. The van der Waals surface area contributed by atoms with Gasteiger partial charge in [0, 0.05) is 12.2 Å². The van der Waals surface area contributed by atoms with E-state index in [-0.39, 0.29) is 0 Å². The highest BCUT2D eigenvalue weighted by molar-refractivity contribution is 5.64. The molecule has 3 nitrogen and oxygen atoms in total. The van der Waals surface area contributed by atoms with E-state index in [1.807, 2.05) is 12.1 Å². The van der Waals surface area contributed by atoms with Crippen molar-refractivity contribution in [1.29, 1.82) is 0 Å². The molecule has 3 rings (SSSR count). The highest BCUT2D eigenvalue weighted by Gasteiger charge is 2.32. The number of alkyl halides is 3. The lowest BCUT2D eigenvalue weighted by Gasteiger charge is -2.21. The summed E-state index contributed by atoms with van der Waals surface area (Å²) >= 11 is 0. The first-order chi connectivity index (χ1) is 10.0. The van der Waals surface area contributed by atoms with E-state index in [0.29, 0.717) is 5.69 Å². The Hall–Kier alpha value is -2.08. The number of pyridine rings is 1. The van der Waals surface area contributed by atoms with Crippen LogP contribution in [0.4, 0.5) is 24.5 Å². The van der Waals surface area contributed by atoms with Gasteiger partial charge < -0.3 is 10.6 Å². The molecule has 0 saturated heterocycles. The number of aromatic nitrogens is 1. The largest absolute Gasteiger partial charge is 0.433 e. The van der Waals surface area contributed by atoms with Crippen LogP contribution in [-0.2, 0) is 19.1 Å². The van der Waals surface area contributed by atoms with Crippen molar-refractivity contribution < 1.29 is 13.2 Å². The SMILES string of the molecule is FC(F)(F)c1ccc(Nc2cccc3c2CCNC3)cn1. The average molecular weight is 293 g/mol. The first kappa shape index (κ1) is 13.9. The van der Waals surface area contributed by atoms with E-state index in [0.717, 1.165) is 31.3 Å². The third kappa shape index (κ3) is 3.00. The fourth-order valence-electron chi connectivity index (χ4n) is 2.44. The zero-order valence-corrected chi connectivity index (χ0v) is 11.2. The second-order valence-corrected chi connectivity index (χ2v) is 4.92. The lowest BCUT2D eigenvalue weighted by molar-refractivity contribution is -0.141. The number of halogens is 3. The number of fused-ring (bicyclic) bond motifs is 1. The highest BCUT2D eigenvalue weighted by Crippen LogP contribution is 2.29. The van der Waals surface area contributed by atoms with Crippen LogP contribution in [0.2, 0.25) is 0 Å². The van der Waals surface area contributed by atoms with Gasteiger partial charge in [-0.2, -0.15) is 13.2 Å². The molecule has 0 unspecified atom stereocenters. The molecule has 6 heteroatoms. The number of hydrogen-bond acceptors (Lipinski definition) is 3. The van der Waals surface area contributed by atoms with Crippen LogP contribution in [0.3, 0.4) is 0 Å². The van der Waals surface area contributed by atoms with Crippen molar-refractivity contribution in [1.82, 2.24) is 10.3 Å². The van der Waals surface area contributed by atoms with Crippen molar-refractivity contribution in [2.75, 3.05) is 11.9 Å². The minimum atomic E-state index is -4.41. The third-order valence-corrected chi connectivity index (χ3v) is 3.47. The maximum absolute atomic E-state index is 12.5. The molecule has 1 aliphatic heterocycles. The van der Waals surface area contributed by atoms with Crippen LogP contribution in [0, 0.1) is 0 Å². The quantitative estimate of drug-likeness (QED) is 0.890. The van der Waals surface area contributed by atoms with E-state index in [2.05, 4.69) is 21.7 Å². The Bertz CT molecular complexity index is 636. The molecule has 110 valence electrons. The van der Waals surface area contributed by atoms with Crippen molar-refractivity contribution >= 4 is 11.4 Å². The Morgan fingerprint density at radius 2 is 2.00 bits per heavy atom. The summed E-state index contributed by atoms with van der Waals surface area (Å²) in [6.45, 7) is 1.72. The Labute approximate surface area is 120 Å². The number of nitrogens with zero attached hydrogens (tertiary/aromatic N) is 1. The fraction of sp³-hybridized carbons (Fsp3) is 0.267. The van der Waals surface area contributed by atoms with Gasteiger partial charge in [0.25, 0.3) is 0 Å². The van der Waals surface area contributed by atoms with Crippen molar-refractivity contribution in [3.05, 3.63) is 53.3 Å². The number of anilines is 2. The molecule has 0 amide bonds. The zero-order chi connectivity index (χ0) is 14.9. The van der Waals surface area contributed by atoms with Gasteiger partial charge in [-0.05, 0) is 42.3 Å². The summed E-state index contributed by atoms with van der Waals surface area (Å²) in [7, 11) is 0. The summed E-state index contributed by atoms with van der Waals surface area (Å²) in [5, 5.41) is 6.44. The lowest BCUT2D eigenvalue weighted by atomic mass is 9.99. The van der Waals surface area contributed by atoms with Gasteiger partial charge in [0.2, 0.25) is 0 Å². The van der Waals surface area contributed by atoms with Gasteiger partial charge in [-0.3, -0.25) is 0 Å². The fourth-order valence-corrected chi connectivity index (χ4v) is 2.44. The summed E-state index contributed by atoms with van der Waals surface area (Å²) in [5.41, 5.74) is 3.01. The smallest absolute Gasteiger partial charge is 0.354 e. The lowest BCUT2D eigenvalue weighted by Crippen LogP contribution is -2.24. The van der Waals surface area contributed by atoms with Crippen LogP contribution in [0.1, 0.15) is 16.8 Å². The van der Waals surface area contributed by atoms with E-state index in [1.165, 1.54) is 23.4 Å². The van der Waals surface area contributed by atoms with Gasteiger partial charge in [0.1, 0.15) is 5.69 Å². The molecule has 0 fully saturated rings. The minimum absolute atomic E-state index is 0.551. The van der Waals surface area contributed by atoms with Gasteiger partial charge in [0.05, 0.1) is 11.9 Å². The summed E-state index contributed by atoms with van der Waals surface area (Å²) in [4.78, 5) is 3.46. The number of benzene rings is 1. The van der Waals surface area contributed by atoms with E-state index in [1.54, 1.807) is 0 Å². The second-order valence-electron chi connectivity index (χ2n) is 4.92. The molecule has 0 atom stereocenters. The number of hydrogen-bond donors (Lipinski definition) is 2. The van der Waals surface area contributed by atoms with E-state index in [4.69, 9.17) is 0 Å². The van der Waals surface area contributed by atoms with Crippen LogP contribution in [0.5, 0.6) is 0 Å². The summed E-state index contributed by atoms with van der Waals surface area (Å²) in [6.07, 6.45) is -2.30. The third-order valence-electron chi connectivity index (χ3n) is 3.47. The Kier molecular flexibility index (Phi) is 3.55. The van der Waals surface area contributed by atoms with Crippen LogP contribution >= 0.6 is 0 Å². The van der Waals surface area contributed by atoms with Gasteiger partial charge in [0.15, 0.2) is 0 Å². The maximum atomic E-state index is 12.5. The van der Waals surface area contributed by atoms with Gasteiger partial charge in [-0.15, -0.1) is 0 Å². The van der Waals surface area contributed by atoms with Crippen LogP contribution in [0.15, 0.2) is 36.5 Å². The topological polar surface area (TPSA) is 37.0 Å². The van der Waals surface area contributed by atoms with Crippen LogP contribution in [-0.4, -0.2) is 11.5 Å². The molecular weight excluding hydrogens is 279 g/mol. The molecule has 1 aromatic carbocycles. The molecule has 21 heavy (non-hydrogen) atoms. The molecule has 2 N–H and O–H groups in total. The predicted molar refractivity (Wildman–Crippen MR) is 74.4 cm³/mol. The highest BCUT2D eigenvalue weighted by atomic mass is 19.4. The van der Waals surface area contributed by atoms with E-state index < -0.39 is 11.9 Å². The summed E-state index contributed by atoms with van der Waals surface area (Å²) < 4.78 is 37.4. The van der Waals surface area contributed by atoms with Crippen molar-refractivity contribution in [2.45, 2.75) is 19.1 Å². The van der Waals surface area contributed by atoms with Gasteiger partial charge >= 0.3 is 6.18 Å². The predicted octanol–water partition coefficient (Wildman–Crippen LogP) is 3.49. The van der Waals surface area contributed by atoms with Crippen molar-refractivity contribution in [3.63, 3.8) is 0 Å². The molecule has 0 bridgehead atoms. The standard InChI is InChI=1S/C15H14F3N3/c16-15(17,18)14-5-4-11(9-20-14)21-13-3-1-2-10-8-19-7-6-12(10)13/h1-5,9,19,21H,6-8H2. The normalized spacial score (nSPS) is 14.6. The molecule has 0 spiro atoms. The van der Waals surface area contributed by atoms with Gasteiger partial charge in [-0.1, -0.05) is 12.1 Å². The monoisotopic (exact) mass is 293 g/mol. The molecule has 2 aromatic rings. The van der Waals surface area contributed by atoms with Gasteiger partial charge in [-0.25, -0.2) is 4.98 Å². The van der Waals surface area contributed by atoms with Crippen molar-refractivity contribution in [2.24, 2.45) is 0 Å². The molecule has 0 aliphatic carbocycles. The average Bonchev–Trinajstić information content (AvgIpc) is 2.47. The van der Waals surface area contributed by atoms with E-state index >= 15 is 0 Å². The molecule has 2 heterocycles.